The average Bonchev–Trinajstić information content (AvgIpc) is 2.69. The van der Waals surface area contributed by atoms with Gasteiger partial charge in [-0.05, 0) is 43.0 Å². The van der Waals surface area contributed by atoms with Crippen LogP contribution >= 0.6 is 0 Å². The summed E-state index contributed by atoms with van der Waals surface area (Å²) in [6.07, 6.45) is 9.20. The summed E-state index contributed by atoms with van der Waals surface area (Å²) in [6, 6.07) is 8.90. The van der Waals surface area contributed by atoms with Crippen molar-refractivity contribution in [3.63, 3.8) is 0 Å². The maximum absolute atomic E-state index is 12.7. The number of hydrogen-bond acceptors (Lipinski definition) is 4. The minimum atomic E-state index is -0.399. The number of fused-ring (bicyclic) bond motifs is 1. The highest BCUT2D eigenvalue weighted by Crippen LogP contribution is 2.08. The molecule has 0 bridgehead atoms. The van der Waals surface area contributed by atoms with E-state index in [1.165, 1.54) is 7.11 Å². The first-order valence-electron chi connectivity index (χ1n) is 9.29. The van der Waals surface area contributed by atoms with Crippen LogP contribution in [0.25, 0.3) is 12.2 Å². The Kier molecular flexibility index (Phi) is 6.04. The largest absolute Gasteiger partial charge is 0.465 e. The lowest BCUT2D eigenvalue weighted by Crippen LogP contribution is -2.34. The van der Waals surface area contributed by atoms with Gasteiger partial charge in [0.05, 0.1) is 29.3 Å². The Morgan fingerprint density at radius 3 is 2.89 bits per heavy atom. The van der Waals surface area contributed by atoms with Crippen LogP contribution in [-0.2, 0) is 11.3 Å². The molecule has 5 heteroatoms. The SMILES string of the molecule is COC(=O)c1cccc(CNC(=O)c2cc3c(nc2C)=CCC(C)C=CC=3)c1. The molecule has 28 heavy (non-hydrogen) atoms. The molecule has 144 valence electrons. The van der Waals surface area contributed by atoms with E-state index in [0.29, 0.717) is 29.3 Å². The van der Waals surface area contributed by atoms with Gasteiger partial charge in [0.1, 0.15) is 0 Å². The van der Waals surface area contributed by atoms with Gasteiger partial charge in [0, 0.05) is 11.8 Å². The first kappa shape index (κ1) is 19.5. The summed E-state index contributed by atoms with van der Waals surface area (Å²) in [6.45, 7) is 4.32. The van der Waals surface area contributed by atoms with E-state index in [0.717, 1.165) is 22.6 Å². The van der Waals surface area contributed by atoms with Gasteiger partial charge in [0.15, 0.2) is 0 Å². The van der Waals surface area contributed by atoms with Gasteiger partial charge in [0.25, 0.3) is 5.91 Å². The molecule has 0 spiro atoms. The van der Waals surface area contributed by atoms with E-state index in [1.54, 1.807) is 18.2 Å². The average molecular weight is 376 g/mol. The van der Waals surface area contributed by atoms with Crippen molar-refractivity contribution in [2.75, 3.05) is 7.11 Å². The molecule has 0 radical (unpaired) electrons. The first-order valence-corrected chi connectivity index (χ1v) is 9.29. The highest BCUT2D eigenvalue weighted by Gasteiger charge is 2.12. The van der Waals surface area contributed by atoms with Crippen LogP contribution in [0.2, 0.25) is 0 Å². The van der Waals surface area contributed by atoms with Crippen LogP contribution in [0.5, 0.6) is 0 Å². The van der Waals surface area contributed by atoms with Crippen LogP contribution in [0.15, 0.2) is 42.5 Å². The molecule has 1 aromatic carbocycles. The molecule has 1 aliphatic rings. The predicted molar refractivity (Wildman–Crippen MR) is 109 cm³/mol. The molecule has 1 aromatic heterocycles. The number of aryl methyl sites for hydroxylation is 1. The van der Waals surface area contributed by atoms with E-state index in [1.807, 2.05) is 31.2 Å². The van der Waals surface area contributed by atoms with Crippen LogP contribution in [0, 0.1) is 12.8 Å². The number of benzene rings is 1. The molecule has 1 heterocycles. The van der Waals surface area contributed by atoms with Crippen molar-refractivity contribution in [1.82, 2.24) is 10.3 Å². The van der Waals surface area contributed by atoms with Gasteiger partial charge in [-0.2, -0.15) is 0 Å². The number of ether oxygens (including phenoxy) is 1. The zero-order valence-corrected chi connectivity index (χ0v) is 16.4. The number of carbonyl (C=O) groups is 2. The van der Waals surface area contributed by atoms with Crippen molar-refractivity contribution in [3.8, 4) is 0 Å². The summed E-state index contributed by atoms with van der Waals surface area (Å²) in [5, 5.41) is 4.76. The number of methoxy groups -OCH3 is 1. The van der Waals surface area contributed by atoms with Crippen molar-refractivity contribution in [2.45, 2.75) is 26.8 Å². The Bertz CT molecular complexity index is 1050. The summed E-state index contributed by atoms with van der Waals surface area (Å²) < 4.78 is 4.73. The van der Waals surface area contributed by atoms with Crippen molar-refractivity contribution in [2.24, 2.45) is 5.92 Å². The van der Waals surface area contributed by atoms with Crippen LogP contribution in [0.1, 0.15) is 45.3 Å². The Labute approximate surface area is 164 Å². The van der Waals surface area contributed by atoms with E-state index < -0.39 is 5.97 Å². The van der Waals surface area contributed by atoms with Crippen molar-refractivity contribution >= 4 is 24.0 Å². The number of nitrogens with one attached hydrogen (secondary N) is 1. The standard InChI is InChI=1S/C23H24N2O3/c1-15-6-4-8-18-13-20(16(2)25-21(18)11-10-15)22(26)24-14-17-7-5-9-19(12-17)23(27)28-3/h4-9,11-13,15H,10,14H2,1-3H3,(H,24,26). The zero-order chi connectivity index (χ0) is 20.1. The van der Waals surface area contributed by atoms with Crippen molar-refractivity contribution in [1.29, 1.82) is 0 Å². The molecule has 3 rings (SSSR count). The van der Waals surface area contributed by atoms with Crippen LogP contribution < -0.4 is 15.9 Å². The van der Waals surface area contributed by atoms with Crippen molar-refractivity contribution < 1.29 is 14.3 Å². The molecule has 1 amide bonds. The van der Waals surface area contributed by atoms with Crippen LogP contribution in [0.4, 0.5) is 0 Å². The fourth-order valence-corrected chi connectivity index (χ4v) is 3.09. The van der Waals surface area contributed by atoms with E-state index >= 15 is 0 Å². The molecule has 0 fully saturated rings. The van der Waals surface area contributed by atoms with Gasteiger partial charge in [0.2, 0.25) is 0 Å². The van der Waals surface area contributed by atoms with Crippen molar-refractivity contribution in [3.05, 3.63) is 75.4 Å². The molecule has 1 unspecified atom stereocenters. The Morgan fingerprint density at radius 2 is 2.11 bits per heavy atom. The summed E-state index contributed by atoms with van der Waals surface area (Å²) in [7, 11) is 1.34. The minimum absolute atomic E-state index is 0.191. The second-order valence-electron chi connectivity index (χ2n) is 6.94. The maximum Gasteiger partial charge on any atom is 0.337 e. The molecule has 1 atom stereocenters. The fraction of sp³-hybridized carbons (Fsp3) is 0.261. The normalized spacial score (nSPS) is 15.3. The second-order valence-corrected chi connectivity index (χ2v) is 6.94. The molecule has 1 aliphatic carbocycles. The number of carbonyl (C=O) groups excluding carboxylic acids is 2. The second kappa shape index (κ2) is 8.65. The third-order valence-electron chi connectivity index (χ3n) is 4.72. The Hall–Kier alpha value is -3.21. The molecule has 1 N–H and O–H groups in total. The topological polar surface area (TPSA) is 68.3 Å². The van der Waals surface area contributed by atoms with Gasteiger partial charge in [-0.3, -0.25) is 9.78 Å². The number of aromatic nitrogens is 1. The first-order chi connectivity index (χ1) is 13.5. The lowest BCUT2D eigenvalue weighted by Gasteiger charge is -2.10. The van der Waals surface area contributed by atoms with E-state index in [9.17, 15) is 9.59 Å². The number of amides is 1. The number of esters is 1. The third kappa shape index (κ3) is 4.55. The van der Waals surface area contributed by atoms with Gasteiger partial charge in [-0.25, -0.2) is 4.79 Å². The number of rotatable bonds is 4. The van der Waals surface area contributed by atoms with Gasteiger partial charge >= 0.3 is 5.97 Å². The quantitative estimate of drug-likeness (QED) is 0.831. The molecule has 5 nitrogen and oxygen atoms in total. The van der Waals surface area contributed by atoms with Gasteiger partial charge in [-0.1, -0.05) is 43.4 Å². The summed E-state index contributed by atoms with van der Waals surface area (Å²) in [4.78, 5) is 29.0. The highest BCUT2D eigenvalue weighted by molar-refractivity contribution is 5.95. The van der Waals surface area contributed by atoms with Crippen LogP contribution in [0.3, 0.4) is 0 Å². The number of allylic oxidation sites excluding steroid dienone is 2. The number of nitrogens with zero attached hydrogens (tertiary/aromatic N) is 1. The maximum atomic E-state index is 12.7. The molecule has 0 saturated heterocycles. The van der Waals surface area contributed by atoms with E-state index in [4.69, 9.17) is 4.74 Å². The minimum Gasteiger partial charge on any atom is -0.465 e. The van der Waals surface area contributed by atoms with Gasteiger partial charge in [-0.15, -0.1) is 0 Å². The summed E-state index contributed by atoms with van der Waals surface area (Å²) in [5.41, 5.74) is 2.53. The van der Waals surface area contributed by atoms with Crippen LogP contribution in [-0.4, -0.2) is 24.0 Å². The molecule has 0 aliphatic heterocycles. The molecule has 2 aromatic rings. The summed E-state index contributed by atoms with van der Waals surface area (Å²) >= 11 is 0. The fourth-order valence-electron chi connectivity index (χ4n) is 3.09. The Morgan fingerprint density at radius 1 is 1.29 bits per heavy atom. The van der Waals surface area contributed by atoms with Gasteiger partial charge < -0.3 is 10.1 Å². The molecule has 0 saturated carbocycles. The Balaban J connectivity index is 1.81. The monoisotopic (exact) mass is 376 g/mol. The smallest absolute Gasteiger partial charge is 0.337 e. The highest BCUT2D eigenvalue weighted by atomic mass is 16.5. The lowest BCUT2D eigenvalue weighted by molar-refractivity contribution is 0.0600. The zero-order valence-electron chi connectivity index (χ0n) is 16.4. The predicted octanol–water partition coefficient (Wildman–Crippen LogP) is 2.26. The van der Waals surface area contributed by atoms with E-state index in [2.05, 4.69) is 29.4 Å². The summed E-state index contributed by atoms with van der Waals surface area (Å²) in [5.74, 6) is -0.122. The number of pyridine rings is 1. The molecular formula is C23H24N2O3. The number of hydrogen-bond donors (Lipinski definition) is 1. The third-order valence-corrected chi connectivity index (χ3v) is 4.72. The lowest BCUT2D eigenvalue weighted by atomic mass is 10.0. The van der Waals surface area contributed by atoms with E-state index in [-0.39, 0.29) is 5.91 Å². The molecular weight excluding hydrogens is 352 g/mol.